The van der Waals surface area contributed by atoms with Crippen molar-refractivity contribution in [3.63, 3.8) is 0 Å². The van der Waals surface area contributed by atoms with E-state index in [2.05, 4.69) is 44.2 Å². The molecule has 0 amide bonds. The lowest BCUT2D eigenvalue weighted by molar-refractivity contribution is 0.414. The molecule has 0 saturated heterocycles. The van der Waals surface area contributed by atoms with E-state index in [4.69, 9.17) is 9.73 Å². The van der Waals surface area contributed by atoms with Crippen LogP contribution in [0.25, 0.3) is 0 Å². The average Bonchev–Trinajstić information content (AvgIpc) is 2.70. The van der Waals surface area contributed by atoms with Crippen LogP contribution in [-0.4, -0.2) is 12.8 Å². The molecule has 112 valence electrons. The Labute approximate surface area is 135 Å². The van der Waals surface area contributed by atoms with Crippen LogP contribution in [0, 0.1) is 0 Å². The summed E-state index contributed by atoms with van der Waals surface area (Å²) in [5.41, 5.74) is 4.34. The Hall–Kier alpha value is -2.00. The van der Waals surface area contributed by atoms with Crippen molar-refractivity contribution in [1.29, 1.82) is 0 Å². The smallest absolute Gasteiger partial charge is 0.128 e. The van der Waals surface area contributed by atoms with Crippen LogP contribution in [0.1, 0.15) is 31.4 Å². The molecule has 0 atom stereocenters. The van der Waals surface area contributed by atoms with Gasteiger partial charge in [0.15, 0.2) is 0 Å². The molecular weight excluding hydrogens is 290 g/mol. The average molecular weight is 309 g/mol. The summed E-state index contributed by atoms with van der Waals surface area (Å²) in [5.74, 6) is 0.857. The molecule has 2 aromatic carbocycles. The van der Waals surface area contributed by atoms with Crippen molar-refractivity contribution in [1.82, 2.24) is 0 Å². The molecule has 0 fully saturated rings. The summed E-state index contributed by atoms with van der Waals surface area (Å²) in [7, 11) is 1.71. The molecule has 0 spiro atoms. The Bertz CT molecular complexity index is 762. The molecule has 0 unspecified atom stereocenters. The standard InChI is InChI=1S/C19H19NOS/c1-4-16-13(2)22-18-12-8-6-10-15(18)19(20-16)14-9-5-7-11-17(14)21-3/h5-12H,4H2,1-3H3. The van der Waals surface area contributed by atoms with Crippen LogP contribution in [0.3, 0.4) is 0 Å². The number of benzene rings is 2. The minimum absolute atomic E-state index is 0.857. The zero-order chi connectivity index (χ0) is 15.5. The summed E-state index contributed by atoms with van der Waals surface area (Å²) in [6.07, 6.45) is 0.922. The van der Waals surface area contributed by atoms with E-state index in [-0.39, 0.29) is 0 Å². The number of rotatable bonds is 3. The van der Waals surface area contributed by atoms with Gasteiger partial charge in [-0.15, -0.1) is 0 Å². The van der Waals surface area contributed by atoms with Crippen molar-refractivity contribution < 1.29 is 4.74 Å². The molecule has 3 rings (SSSR count). The summed E-state index contributed by atoms with van der Waals surface area (Å²) >= 11 is 1.80. The molecule has 0 aromatic heterocycles. The number of nitrogens with zero attached hydrogens (tertiary/aromatic N) is 1. The lowest BCUT2D eigenvalue weighted by Crippen LogP contribution is -2.06. The van der Waals surface area contributed by atoms with E-state index < -0.39 is 0 Å². The first kappa shape index (κ1) is 14.9. The van der Waals surface area contributed by atoms with Crippen molar-refractivity contribution >= 4 is 17.5 Å². The van der Waals surface area contributed by atoms with Crippen LogP contribution in [0.2, 0.25) is 0 Å². The molecule has 0 aliphatic carbocycles. The van der Waals surface area contributed by atoms with E-state index in [1.54, 1.807) is 18.9 Å². The fourth-order valence-corrected chi connectivity index (χ4v) is 3.68. The number of ether oxygens (including phenoxy) is 1. The number of methoxy groups -OCH3 is 1. The van der Waals surface area contributed by atoms with Gasteiger partial charge in [0.1, 0.15) is 5.75 Å². The first-order chi connectivity index (χ1) is 10.7. The second kappa shape index (κ2) is 6.41. The van der Waals surface area contributed by atoms with Crippen molar-refractivity contribution in [2.24, 2.45) is 4.99 Å². The van der Waals surface area contributed by atoms with Crippen LogP contribution in [0.15, 0.2) is 69.0 Å². The lowest BCUT2D eigenvalue weighted by atomic mass is 10.0. The molecule has 1 aliphatic rings. The zero-order valence-electron chi connectivity index (χ0n) is 13.1. The van der Waals surface area contributed by atoms with Crippen LogP contribution < -0.4 is 4.74 Å². The number of fused-ring (bicyclic) bond motifs is 1. The third kappa shape index (κ3) is 2.69. The Morgan fingerprint density at radius 3 is 2.41 bits per heavy atom. The van der Waals surface area contributed by atoms with Gasteiger partial charge in [-0.05, 0) is 31.5 Å². The maximum Gasteiger partial charge on any atom is 0.128 e. The monoisotopic (exact) mass is 309 g/mol. The van der Waals surface area contributed by atoms with Crippen LogP contribution >= 0.6 is 11.8 Å². The summed E-state index contributed by atoms with van der Waals surface area (Å²) in [6.45, 7) is 4.30. The number of allylic oxidation sites excluding steroid dienone is 2. The number of hydrogen-bond donors (Lipinski definition) is 0. The van der Waals surface area contributed by atoms with E-state index in [1.807, 2.05) is 18.2 Å². The van der Waals surface area contributed by atoms with Crippen molar-refractivity contribution in [3.8, 4) is 5.75 Å². The van der Waals surface area contributed by atoms with Crippen LogP contribution in [0.5, 0.6) is 5.75 Å². The first-order valence-electron chi connectivity index (χ1n) is 7.43. The summed E-state index contributed by atoms with van der Waals surface area (Å²) in [4.78, 5) is 7.50. The SMILES string of the molecule is CCC1=C(C)Sc2ccccc2C(c2ccccc2OC)=N1. The number of aliphatic imine (C=N–C) groups is 1. The molecule has 0 saturated carbocycles. The Morgan fingerprint density at radius 2 is 1.68 bits per heavy atom. The van der Waals surface area contributed by atoms with Gasteiger partial charge in [-0.2, -0.15) is 0 Å². The number of hydrogen-bond acceptors (Lipinski definition) is 3. The second-order valence-corrected chi connectivity index (χ2v) is 6.37. The predicted octanol–water partition coefficient (Wildman–Crippen LogP) is 5.28. The van der Waals surface area contributed by atoms with Crippen molar-refractivity contribution in [2.75, 3.05) is 7.11 Å². The highest BCUT2D eigenvalue weighted by atomic mass is 32.2. The summed E-state index contributed by atoms with van der Waals surface area (Å²) in [5, 5.41) is 0. The van der Waals surface area contributed by atoms with Crippen LogP contribution in [-0.2, 0) is 0 Å². The molecular formula is C19H19NOS. The van der Waals surface area contributed by atoms with Gasteiger partial charge in [-0.1, -0.05) is 49.0 Å². The summed E-state index contributed by atoms with van der Waals surface area (Å²) < 4.78 is 5.55. The second-order valence-electron chi connectivity index (χ2n) is 5.12. The molecule has 1 heterocycles. The molecule has 1 aliphatic heterocycles. The minimum Gasteiger partial charge on any atom is -0.496 e. The Balaban J connectivity index is 2.27. The molecule has 2 aromatic rings. The van der Waals surface area contributed by atoms with E-state index in [1.165, 1.54) is 15.4 Å². The highest BCUT2D eigenvalue weighted by Crippen LogP contribution is 2.38. The molecule has 22 heavy (non-hydrogen) atoms. The predicted molar refractivity (Wildman–Crippen MR) is 93.9 cm³/mol. The number of para-hydroxylation sites is 1. The van der Waals surface area contributed by atoms with Gasteiger partial charge in [-0.3, -0.25) is 4.99 Å². The number of thioether (sulfide) groups is 1. The largest absolute Gasteiger partial charge is 0.496 e. The minimum atomic E-state index is 0.857. The normalized spacial score (nSPS) is 14.2. The topological polar surface area (TPSA) is 21.6 Å². The van der Waals surface area contributed by atoms with Gasteiger partial charge in [0.05, 0.1) is 18.5 Å². The van der Waals surface area contributed by atoms with Gasteiger partial charge in [0.25, 0.3) is 0 Å². The molecule has 0 bridgehead atoms. The Morgan fingerprint density at radius 1 is 1.00 bits per heavy atom. The van der Waals surface area contributed by atoms with E-state index in [9.17, 15) is 0 Å². The molecule has 3 heteroatoms. The molecule has 0 radical (unpaired) electrons. The van der Waals surface area contributed by atoms with Gasteiger partial charge in [0.2, 0.25) is 0 Å². The maximum absolute atomic E-state index is 5.55. The zero-order valence-corrected chi connectivity index (χ0v) is 13.9. The maximum atomic E-state index is 5.55. The van der Waals surface area contributed by atoms with Crippen molar-refractivity contribution in [3.05, 3.63) is 70.3 Å². The van der Waals surface area contributed by atoms with E-state index >= 15 is 0 Å². The van der Waals surface area contributed by atoms with Gasteiger partial charge >= 0.3 is 0 Å². The molecule has 0 N–H and O–H groups in total. The fourth-order valence-electron chi connectivity index (χ4n) is 2.62. The van der Waals surface area contributed by atoms with Gasteiger partial charge in [-0.25, -0.2) is 0 Å². The highest BCUT2D eigenvalue weighted by molar-refractivity contribution is 8.03. The van der Waals surface area contributed by atoms with Gasteiger partial charge in [0, 0.05) is 20.9 Å². The highest BCUT2D eigenvalue weighted by Gasteiger charge is 2.20. The Kier molecular flexibility index (Phi) is 4.34. The molecule has 2 nitrogen and oxygen atoms in total. The van der Waals surface area contributed by atoms with Gasteiger partial charge < -0.3 is 4.74 Å². The van der Waals surface area contributed by atoms with E-state index in [0.29, 0.717) is 0 Å². The van der Waals surface area contributed by atoms with Crippen molar-refractivity contribution in [2.45, 2.75) is 25.2 Å². The summed E-state index contributed by atoms with van der Waals surface area (Å²) in [6, 6.07) is 16.5. The third-order valence-electron chi connectivity index (χ3n) is 3.76. The first-order valence-corrected chi connectivity index (χ1v) is 8.25. The third-order valence-corrected chi connectivity index (χ3v) is 4.87. The van der Waals surface area contributed by atoms with Crippen LogP contribution in [0.4, 0.5) is 0 Å². The fraction of sp³-hybridized carbons (Fsp3) is 0.211. The lowest BCUT2D eigenvalue weighted by Gasteiger charge is -2.12. The van der Waals surface area contributed by atoms with E-state index in [0.717, 1.165) is 29.1 Å². The quantitative estimate of drug-likeness (QED) is 0.769.